The van der Waals surface area contributed by atoms with Crippen molar-refractivity contribution in [1.29, 1.82) is 0 Å². The second kappa shape index (κ2) is 5.77. The number of nitrogens with one attached hydrogen (secondary N) is 1. The van der Waals surface area contributed by atoms with Crippen LogP contribution in [0.1, 0.15) is 43.9 Å². The SMILES string of the molecule is CC1(C)CCC(c2ccc(Br)cc2)Nc2ccc(Br)cc21. The number of anilines is 1. The quantitative estimate of drug-likeness (QED) is 0.572. The Morgan fingerprint density at radius 2 is 1.67 bits per heavy atom. The molecule has 0 fully saturated rings. The molecule has 2 aromatic rings. The highest BCUT2D eigenvalue weighted by molar-refractivity contribution is 9.10. The lowest BCUT2D eigenvalue weighted by Crippen LogP contribution is -2.16. The van der Waals surface area contributed by atoms with Crippen LogP contribution < -0.4 is 5.32 Å². The van der Waals surface area contributed by atoms with Gasteiger partial charge in [-0.3, -0.25) is 0 Å². The molecule has 110 valence electrons. The maximum atomic E-state index is 3.74. The van der Waals surface area contributed by atoms with E-state index < -0.39 is 0 Å². The van der Waals surface area contributed by atoms with Crippen LogP contribution in [0.25, 0.3) is 0 Å². The van der Waals surface area contributed by atoms with E-state index in [9.17, 15) is 0 Å². The van der Waals surface area contributed by atoms with Crippen LogP contribution in [-0.4, -0.2) is 0 Å². The van der Waals surface area contributed by atoms with Crippen molar-refractivity contribution in [3.05, 3.63) is 62.5 Å². The first kappa shape index (κ1) is 15.1. The highest BCUT2D eigenvalue weighted by Gasteiger charge is 2.29. The molecule has 1 nitrogen and oxygen atoms in total. The Labute approximate surface area is 143 Å². The second-order valence-electron chi connectivity index (χ2n) is 6.36. The van der Waals surface area contributed by atoms with E-state index in [1.54, 1.807) is 0 Å². The summed E-state index contributed by atoms with van der Waals surface area (Å²) in [4.78, 5) is 0. The zero-order valence-electron chi connectivity index (χ0n) is 12.3. The van der Waals surface area contributed by atoms with E-state index in [1.807, 2.05) is 0 Å². The molecule has 0 amide bonds. The van der Waals surface area contributed by atoms with Gasteiger partial charge >= 0.3 is 0 Å². The van der Waals surface area contributed by atoms with Crippen molar-refractivity contribution in [1.82, 2.24) is 0 Å². The van der Waals surface area contributed by atoms with Gasteiger partial charge in [-0.2, -0.15) is 0 Å². The van der Waals surface area contributed by atoms with Gasteiger partial charge in [0.1, 0.15) is 0 Å². The largest absolute Gasteiger partial charge is 0.378 e. The Morgan fingerprint density at radius 3 is 2.38 bits per heavy atom. The maximum absolute atomic E-state index is 3.74. The van der Waals surface area contributed by atoms with Crippen molar-refractivity contribution < 1.29 is 0 Å². The maximum Gasteiger partial charge on any atom is 0.0514 e. The third-order valence-electron chi connectivity index (χ3n) is 4.37. The Kier molecular flexibility index (Phi) is 4.15. The molecule has 0 saturated carbocycles. The topological polar surface area (TPSA) is 12.0 Å². The lowest BCUT2D eigenvalue weighted by Gasteiger charge is -2.25. The molecule has 0 bridgehead atoms. The molecular weight excluding hydrogens is 390 g/mol. The summed E-state index contributed by atoms with van der Waals surface area (Å²) in [6.07, 6.45) is 2.31. The van der Waals surface area contributed by atoms with Gasteiger partial charge in [-0.25, -0.2) is 0 Å². The summed E-state index contributed by atoms with van der Waals surface area (Å²) in [5.41, 5.74) is 4.20. The molecule has 1 atom stereocenters. The predicted molar refractivity (Wildman–Crippen MR) is 96.9 cm³/mol. The molecule has 21 heavy (non-hydrogen) atoms. The van der Waals surface area contributed by atoms with Gasteiger partial charge in [-0.1, -0.05) is 57.8 Å². The third-order valence-corrected chi connectivity index (χ3v) is 5.39. The highest BCUT2D eigenvalue weighted by atomic mass is 79.9. The van der Waals surface area contributed by atoms with Crippen LogP contribution in [0.3, 0.4) is 0 Å². The first-order chi connectivity index (χ1) is 9.95. The normalized spacial score (nSPS) is 20.3. The summed E-state index contributed by atoms with van der Waals surface area (Å²) >= 11 is 7.11. The molecule has 0 spiro atoms. The number of rotatable bonds is 1. The Bertz CT molecular complexity index is 647. The minimum Gasteiger partial charge on any atom is -0.378 e. The molecule has 1 heterocycles. The molecule has 0 aromatic heterocycles. The second-order valence-corrected chi connectivity index (χ2v) is 8.19. The van der Waals surface area contributed by atoms with Crippen LogP contribution in [0.4, 0.5) is 5.69 Å². The predicted octanol–water partition coefficient (Wildman–Crippen LogP) is 6.44. The molecule has 2 aromatic carbocycles. The Morgan fingerprint density at radius 1 is 1.00 bits per heavy atom. The van der Waals surface area contributed by atoms with Crippen LogP contribution in [0.2, 0.25) is 0 Å². The van der Waals surface area contributed by atoms with Crippen molar-refractivity contribution in [2.45, 2.75) is 38.1 Å². The van der Waals surface area contributed by atoms with Gasteiger partial charge in [0.25, 0.3) is 0 Å². The fourth-order valence-electron chi connectivity index (χ4n) is 3.05. The molecule has 0 saturated heterocycles. The van der Waals surface area contributed by atoms with Crippen LogP contribution in [0, 0.1) is 0 Å². The fourth-order valence-corrected chi connectivity index (χ4v) is 3.67. The number of hydrogen-bond donors (Lipinski definition) is 1. The average Bonchev–Trinajstić information content (AvgIpc) is 2.57. The zero-order chi connectivity index (χ0) is 15.0. The lowest BCUT2D eigenvalue weighted by molar-refractivity contribution is 0.456. The van der Waals surface area contributed by atoms with Crippen LogP contribution in [0.5, 0.6) is 0 Å². The first-order valence-electron chi connectivity index (χ1n) is 7.28. The summed E-state index contributed by atoms with van der Waals surface area (Å²) in [5, 5.41) is 3.74. The molecular formula is C18H19Br2N. The van der Waals surface area contributed by atoms with E-state index in [0.717, 1.165) is 15.4 Å². The minimum atomic E-state index is 0.191. The summed E-state index contributed by atoms with van der Waals surface area (Å²) in [6, 6.07) is 15.6. The summed E-state index contributed by atoms with van der Waals surface area (Å²) in [6.45, 7) is 4.67. The van der Waals surface area contributed by atoms with Crippen LogP contribution in [-0.2, 0) is 5.41 Å². The van der Waals surface area contributed by atoms with Gasteiger partial charge in [-0.15, -0.1) is 0 Å². The van der Waals surface area contributed by atoms with Gasteiger partial charge in [0.15, 0.2) is 0 Å². The van der Waals surface area contributed by atoms with Crippen molar-refractivity contribution >= 4 is 37.5 Å². The van der Waals surface area contributed by atoms with Gasteiger partial charge in [0.2, 0.25) is 0 Å². The number of halogens is 2. The van der Waals surface area contributed by atoms with Crippen LogP contribution >= 0.6 is 31.9 Å². The minimum absolute atomic E-state index is 0.191. The van der Waals surface area contributed by atoms with Gasteiger partial charge in [-0.05, 0) is 59.7 Å². The van der Waals surface area contributed by atoms with Crippen molar-refractivity contribution in [2.24, 2.45) is 0 Å². The van der Waals surface area contributed by atoms with E-state index in [2.05, 4.69) is 93.5 Å². The molecule has 0 radical (unpaired) electrons. The smallest absolute Gasteiger partial charge is 0.0514 e. The van der Waals surface area contributed by atoms with Crippen LogP contribution in [0.15, 0.2) is 51.4 Å². The number of hydrogen-bond acceptors (Lipinski definition) is 1. The molecule has 3 rings (SSSR count). The van der Waals surface area contributed by atoms with Gasteiger partial charge in [0, 0.05) is 14.6 Å². The average molecular weight is 409 g/mol. The summed E-state index contributed by atoms with van der Waals surface area (Å²) in [7, 11) is 0. The fraction of sp³-hybridized carbons (Fsp3) is 0.333. The monoisotopic (exact) mass is 407 g/mol. The highest BCUT2D eigenvalue weighted by Crippen LogP contribution is 2.42. The number of fused-ring (bicyclic) bond motifs is 1. The molecule has 1 N–H and O–H groups in total. The Hall–Kier alpha value is -0.800. The molecule has 1 unspecified atom stereocenters. The van der Waals surface area contributed by atoms with Crippen molar-refractivity contribution in [3.8, 4) is 0 Å². The van der Waals surface area contributed by atoms with E-state index in [1.165, 1.54) is 23.2 Å². The van der Waals surface area contributed by atoms with Gasteiger partial charge < -0.3 is 5.32 Å². The van der Waals surface area contributed by atoms with E-state index in [-0.39, 0.29) is 5.41 Å². The first-order valence-corrected chi connectivity index (χ1v) is 8.86. The third kappa shape index (κ3) is 3.19. The Balaban J connectivity index is 1.99. The van der Waals surface area contributed by atoms with E-state index >= 15 is 0 Å². The standard InChI is InChI=1S/C18H19Br2N/c1-18(2)10-9-16(12-3-5-13(19)6-4-12)21-17-8-7-14(20)11-15(17)18/h3-8,11,16,21H,9-10H2,1-2H3. The molecule has 3 heteroatoms. The van der Waals surface area contributed by atoms with Crippen molar-refractivity contribution in [2.75, 3.05) is 5.32 Å². The summed E-state index contributed by atoms with van der Waals surface area (Å²) in [5.74, 6) is 0. The van der Waals surface area contributed by atoms with Crippen molar-refractivity contribution in [3.63, 3.8) is 0 Å². The zero-order valence-corrected chi connectivity index (χ0v) is 15.5. The van der Waals surface area contributed by atoms with E-state index in [0.29, 0.717) is 6.04 Å². The summed E-state index contributed by atoms with van der Waals surface area (Å²) < 4.78 is 2.28. The molecule has 0 aliphatic carbocycles. The molecule has 1 aliphatic heterocycles. The van der Waals surface area contributed by atoms with Gasteiger partial charge in [0.05, 0.1) is 6.04 Å². The van der Waals surface area contributed by atoms with E-state index in [4.69, 9.17) is 0 Å². The molecule has 1 aliphatic rings. The lowest BCUT2D eigenvalue weighted by atomic mass is 9.80. The number of benzene rings is 2.